The van der Waals surface area contributed by atoms with Crippen molar-refractivity contribution in [3.63, 3.8) is 0 Å². The van der Waals surface area contributed by atoms with Crippen LogP contribution in [0.1, 0.15) is 22.7 Å². The Labute approximate surface area is 137 Å². The fraction of sp³-hybridized carbons (Fsp3) is 0.294. The Morgan fingerprint density at radius 3 is 2.38 bits per heavy atom. The molecule has 0 aliphatic carbocycles. The molecule has 0 spiro atoms. The third-order valence-corrected chi connectivity index (χ3v) is 5.51. The highest BCUT2D eigenvalue weighted by atomic mass is 79.9. The number of aryl methyl sites for hydroxylation is 2. The van der Waals surface area contributed by atoms with Crippen LogP contribution >= 0.6 is 15.9 Å². The van der Waals surface area contributed by atoms with Crippen molar-refractivity contribution in [3.8, 4) is 0 Å². The second-order valence-corrected chi connectivity index (χ2v) is 7.58. The SMILES string of the molecule is CNC(CS(=O)c1ccc(Br)cc1)c1ccc(C)cc1C. The zero-order chi connectivity index (χ0) is 15.4. The molecule has 4 heteroatoms. The second kappa shape index (κ2) is 7.34. The predicted molar refractivity (Wildman–Crippen MR) is 93.1 cm³/mol. The van der Waals surface area contributed by atoms with Gasteiger partial charge in [0, 0.05) is 21.2 Å². The van der Waals surface area contributed by atoms with E-state index in [0.717, 1.165) is 9.37 Å². The smallest absolute Gasteiger partial charge is 0.0548 e. The first kappa shape index (κ1) is 16.4. The van der Waals surface area contributed by atoms with Crippen LogP contribution in [0, 0.1) is 13.8 Å². The average molecular weight is 366 g/mol. The normalized spacial score (nSPS) is 13.9. The lowest BCUT2D eigenvalue weighted by Gasteiger charge is -2.19. The molecule has 0 heterocycles. The van der Waals surface area contributed by atoms with Crippen LogP contribution in [0.2, 0.25) is 0 Å². The van der Waals surface area contributed by atoms with E-state index in [-0.39, 0.29) is 6.04 Å². The molecule has 0 radical (unpaired) electrons. The van der Waals surface area contributed by atoms with Crippen molar-refractivity contribution in [1.82, 2.24) is 5.32 Å². The van der Waals surface area contributed by atoms with Crippen LogP contribution in [0.15, 0.2) is 51.8 Å². The number of rotatable bonds is 5. The minimum Gasteiger partial charge on any atom is -0.312 e. The molecule has 2 nitrogen and oxygen atoms in total. The van der Waals surface area contributed by atoms with E-state index in [2.05, 4.69) is 53.3 Å². The molecule has 0 aromatic heterocycles. The van der Waals surface area contributed by atoms with Gasteiger partial charge in [0.15, 0.2) is 0 Å². The van der Waals surface area contributed by atoms with Crippen LogP contribution in [0.5, 0.6) is 0 Å². The molecule has 0 fully saturated rings. The van der Waals surface area contributed by atoms with E-state index in [4.69, 9.17) is 0 Å². The molecule has 0 saturated heterocycles. The number of hydrogen-bond donors (Lipinski definition) is 1. The highest BCUT2D eigenvalue weighted by molar-refractivity contribution is 9.10. The van der Waals surface area contributed by atoms with Gasteiger partial charge < -0.3 is 5.32 Å². The van der Waals surface area contributed by atoms with E-state index in [1.807, 2.05) is 31.3 Å². The van der Waals surface area contributed by atoms with Crippen molar-refractivity contribution >= 4 is 26.7 Å². The molecule has 0 aliphatic heterocycles. The molecule has 2 aromatic rings. The van der Waals surface area contributed by atoms with E-state index in [0.29, 0.717) is 5.75 Å². The minimum absolute atomic E-state index is 0.0927. The lowest BCUT2D eigenvalue weighted by atomic mass is 10.0. The molecule has 0 aliphatic rings. The molecular weight excluding hydrogens is 346 g/mol. The van der Waals surface area contributed by atoms with Gasteiger partial charge in [-0.15, -0.1) is 0 Å². The lowest BCUT2D eigenvalue weighted by molar-refractivity contribution is 0.633. The zero-order valence-electron chi connectivity index (χ0n) is 12.5. The topological polar surface area (TPSA) is 29.1 Å². The van der Waals surface area contributed by atoms with Gasteiger partial charge in [0.1, 0.15) is 0 Å². The van der Waals surface area contributed by atoms with Crippen LogP contribution < -0.4 is 5.32 Å². The molecule has 0 bridgehead atoms. The van der Waals surface area contributed by atoms with Gasteiger partial charge in [-0.2, -0.15) is 0 Å². The van der Waals surface area contributed by atoms with Crippen LogP contribution in [0.4, 0.5) is 0 Å². The Bertz CT molecular complexity index is 640. The van der Waals surface area contributed by atoms with Crippen molar-refractivity contribution in [3.05, 3.63) is 63.6 Å². The fourth-order valence-electron chi connectivity index (χ4n) is 2.38. The Kier molecular flexibility index (Phi) is 5.73. The van der Waals surface area contributed by atoms with Gasteiger partial charge in [-0.3, -0.25) is 4.21 Å². The number of nitrogens with one attached hydrogen (secondary N) is 1. The molecule has 1 N–H and O–H groups in total. The van der Waals surface area contributed by atoms with E-state index in [1.54, 1.807) is 0 Å². The maximum atomic E-state index is 12.5. The quantitative estimate of drug-likeness (QED) is 0.862. The van der Waals surface area contributed by atoms with Gasteiger partial charge in [-0.1, -0.05) is 39.7 Å². The second-order valence-electron chi connectivity index (χ2n) is 5.17. The summed E-state index contributed by atoms with van der Waals surface area (Å²) in [6, 6.07) is 14.2. The number of hydrogen-bond acceptors (Lipinski definition) is 2. The third kappa shape index (κ3) is 4.25. The Morgan fingerprint density at radius 1 is 1.14 bits per heavy atom. The summed E-state index contributed by atoms with van der Waals surface area (Å²) in [6.07, 6.45) is 0. The Morgan fingerprint density at radius 2 is 1.81 bits per heavy atom. The highest BCUT2D eigenvalue weighted by Crippen LogP contribution is 2.22. The Balaban J connectivity index is 2.18. The van der Waals surface area contributed by atoms with Crippen LogP contribution in [-0.2, 0) is 10.8 Å². The molecule has 2 atom stereocenters. The summed E-state index contributed by atoms with van der Waals surface area (Å²) in [5.41, 5.74) is 3.70. The van der Waals surface area contributed by atoms with Gasteiger partial charge >= 0.3 is 0 Å². The number of benzene rings is 2. The average Bonchev–Trinajstić information content (AvgIpc) is 2.46. The van der Waals surface area contributed by atoms with E-state index < -0.39 is 10.8 Å². The summed E-state index contributed by atoms with van der Waals surface area (Å²) >= 11 is 3.40. The van der Waals surface area contributed by atoms with Crippen molar-refractivity contribution in [2.75, 3.05) is 12.8 Å². The summed E-state index contributed by atoms with van der Waals surface area (Å²) in [7, 11) is 0.900. The summed E-state index contributed by atoms with van der Waals surface area (Å²) in [5.74, 6) is 0.571. The maximum Gasteiger partial charge on any atom is 0.0548 e. The number of halogens is 1. The highest BCUT2D eigenvalue weighted by Gasteiger charge is 2.16. The van der Waals surface area contributed by atoms with Crippen LogP contribution in [0.3, 0.4) is 0 Å². The van der Waals surface area contributed by atoms with Gasteiger partial charge in [-0.05, 0) is 56.3 Å². The van der Waals surface area contributed by atoms with Crippen molar-refractivity contribution in [2.24, 2.45) is 0 Å². The molecule has 0 amide bonds. The standard InChI is InChI=1S/C17H20BrNOS/c1-12-4-9-16(13(2)10-12)17(19-3)11-21(20)15-7-5-14(18)6-8-15/h4-10,17,19H,11H2,1-3H3. The molecule has 0 saturated carbocycles. The van der Waals surface area contributed by atoms with Crippen molar-refractivity contribution in [1.29, 1.82) is 0 Å². The first-order chi connectivity index (χ1) is 10.0. The molecule has 2 rings (SSSR count). The van der Waals surface area contributed by atoms with Gasteiger partial charge in [0.05, 0.1) is 10.8 Å². The largest absolute Gasteiger partial charge is 0.312 e. The first-order valence-electron chi connectivity index (χ1n) is 6.89. The van der Waals surface area contributed by atoms with E-state index in [1.165, 1.54) is 16.7 Å². The van der Waals surface area contributed by atoms with Gasteiger partial charge in [-0.25, -0.2) is 0 Å². The first-order valence-corrected chi connectivity index (χ1v) is 9.01. The molecular formula is C17H20BrNOS. The van der Waals surface area contributed by atoms with Crippen molar-refractivity contribution in [2.45, 2.75) is 24.8 Å². The van der Waals surface area contributed by atoms with Crippen LogP contribution in [0.25, 0.3) is 0 Å². The van der Waals surface area contributed by atoms with Gasteiger partial charge in [0.2, 0.25) is 0 Å². The maximum absolute atomic E-state index is 12.5. The molecule has 112 valence electrons. The molecule has 2 unspecified atom stereocenters. The van der Waals surface area contributed by atoms with E-state index >= 15 is 0 Å². The monoisotopic (exact) mass is 365 g/mol. The summed E-state index contributed by atoms with van der Waals surface area (Å²) in [4.78, 5) is 0.864. The summed E-state index contributed by atoms with van der Waals surface area (Å²) in [5, 5.41) is 3.29. The van der Waals surface area contributed by atoms with E-state index in [9.17, 15) is 4.21 Å². The fourth-order valence-corrected chi connectivity index (χ4v) is 3.92. The summed E-state index contributed by atoms with van der Waals surface area (Å²) in [6.45, 7) is 4.19. The zero-order valence-corrected chi connectivity index (χ0v) is 14.9. The molecule has 2 aromatic carbocycles. The minimum atomic E-state index is -1.02. The molecule has 21 heavy (non-hydrogen) atoms. The van der Waals surface area contributed by atoms with Crippen molar-refractivity contribution < 1.29 is 4.21 Å². The third-order valence-electron chi connectivity index (χ3n) is 3.54. The summed E-state index contributed by atoms with van der Waals surface area (Å²) < 4.78 is 13.5. The predicted octanol–water partition coefficient (Wildman–Crippen LogP) is 4.13. The lowest BCUT2D eigenvalue weighted by Crippen LogP contribution is -2.23. The van der Waals surface area contributed by atoms with Gasteiger partial charge in [0.25, 0.3) is 0 Å². The van der Waals surface area contributed by atoms with Crippen LogP contribution in [-0.4, -0.2) is 17.0 Å². The Hall–Kier alpha value is -0.970.